The van der Waals surface area contributed by atoms with Crippen molar-refractivity contribution in [2.45, 2.75) is 95.5 Å². The minimum atomic E-state index is -4.78. The molecule has 1 unspecified atom stereocenters. The van der Waals surface area contributed by atoms with Crippen molar-refractivity contribution in [3.8, 4) is 0 Å². The largest absolute Gasteiger partial charge is 0.466 e. The van der Waals surface area contributed by atoms with Crippen LogP contribution >= 0.6 is 11.6 Å². The van der Waals surface area contributed by atoms with Gasteiger partial charge in [-0.1, -0.05) is 29.8 Å². The van der Waals surface area contributed by atoms with Gasteiger partial charge >= 0.3 is 24.3 Å². The lowest BCUT2D eigenvalue weighted by atomic mass is 9.90. The van der Waals surface area contributed by atoms with Crippen molar-refractivity contribution in [3.63, 3.8) is 0 Å². The highest BCUT2D eigenvalue weighted by atomic mass is 35.5. The Morgan fingerprint density at radius 3 is 2.27 bits per heavy atom. The van der Waals surface area contributed by atoms with Crippen molar-refractivity contribution in [1.29, 1.82) is 0 Å². The summed E-state index contributed by atoms with van der Waals surface area (Å²) < 4.78 is 52.6. The number of benzene rings is 2. The van der Waals surface area contributed by atoms with E-state index in [2.05, 4.69) is 10.2 Å². The van der Waals surface area contributed by atoms with Crippen molar-refractivity contribution in [2.24, 2.45) is 5.92 Å². The molecule has 16 heteroatoms. The number of fused-ring (bicyclic) bond motifs is 1. The van der Waals surface area contributed by atoms with Crippen LogP contribution in [0.15, 0.2) is 36.4 Å². The SMILES string of the molecule is CCOC(=O)CCC1CCN(C2CCN(C(=O)C(Cc3cc(Cl)c(N)c(C(F)(F)F)c3)OC(=O)N3CCC(N4CCc5ccccc5NC4=O)CC3)CC2)CC1. The van der Waals surface area contributed by atoms with Gasteiger partial charge in [0.1, 0.15) is 0 Å². The Morgan fingerprint density at radius 1 is 0.929 bits per heavy atom. The van der Waals surface area contributed by atoms with Gasteiger partial charge in [-0.05, 0) is 107 Å². The topological polar surface area (TPSA) is 138 Å². The van der Waals surface area contributed by atoms with E-state index in [9.17, 15) is 32.3 Å². The number of para-hydroxylation sites is 1. The van der Waals surface area contributed by atoms with Gasteiger partial charge in [0.15, 0.2) is 6.10 Å². The molecule has 0 radical (unpaired) electrons. The molecule has 3 fully saturated rings. The molecule has 2 aromatic rings. The number of amides is 4. The highest BCUT2D eigenvalue weighted by Crippen LogP contribution is 2.38. The molecule has 56 heavy (non-hydrogen) atoms. The number of nitrogens with one attached hydrogen (secondary N) is 1. The number of halogens is 4. The molecule has 3 saturated heterocycles. The molecule has 1 atom stereocenters. The fourth-order valence-electron chi connectivity index (χ4n) is 8.53. The summed E-state index contributed by atoms with van der Waals surface area (Å²) in [6, 6.07) is 9.76. The molecule has 12 nitrogen and oxygen atoms in total. The lowest BCUT2D eigenvalue weighted by molar-refractivity contribution is -0.144. The van der Waals surface area contributed by atoms with E-state index in [0.717, 1.165) is 49.7 Å². The van der Waals surface area contributed by atoms with Crippen LogP contribution in [0, 0.1) is 5.92 Å². The summed E-state index contributed by atoms with van der Waals surface area (Å²) in [5.41, 5.74) is 5.85. The van der Waals surface area contributed by atoms with Crippen LogP contribution < -0.4 is 11.1 Å². The summed E-state index contributed by atoms with van der Waals surface area (Å²) in [6.45, 7) is 5.88. The lowest BCUT2D eigenvalue weighted by Gasteiger charge is -2.42. The van der Waals surface area contributed by atoms with Crippen molar-refractivity contribution in [2.75, 3.05) is 63.5 Å². The van der Waals surface area contributed by atoms with Crippen LogP contribution in [0.25, 0.3) is 0 Å². The standard InChI is InChI=1S/C40H52ClF3N6O6/c1-2-55-35(51)8-7-26-9-16-47(17-10-26)29-12-18-48(19-13-29)37(52)34(25-27-23-31(40(42,43)44)36(45)32(41)24-27)56-39(54)49-20-14-30(15-21-49)50-22-11-28-5-3-4-6-33(28)46-38(50)53/h3-6,23-24,26,29-30,34H,2,7-22,25,45H2,1H3,(H,46,53). The Morgan fingerprint density at radius 2 is 1.59 bits per heavy atom. The van der Waals surface area contributed by atoms with Crippen LogP contribution in [0.1, 0.15) is 75.0 Å². The normalized spacial score (nSPS) is 19.9. The van der Waals surface area contributed by atoms with Crippen LogP contribution in [0.2, 0.25) is 5.02 Å². The number of nitrogens with two attached hydrogens (primary N) is 1. The molecule has 0 spiro atoms. The van der Waals surface area contributed by atoms with Gasteiger partial charge in [0.2, 0.25) is 0 Å². The number of carbonyl (C=O) groups excluding carboxylic acids is 4. The molecule has 3 N–H and O–H groups in total. The molecule has 4 heterocycles. The Hall–Kier alpha value is -4.24. The number of urea groups is 1. The number of nitrogens with zero attached hydrogens (tertiary/aromatic N) is 4. The Bertz CT molecular complexity index is 1720. The number of rotatable bonds is 10. The van der Waals surface area contributed by atoms with Gasteiger partial charge in [-0.3, -0.25) is 9.59 Å². The maximum atomic E-state index is 14.1. The van der Waals surface area contributed by atoms with E-state index in [4.69, 9.17) is 26.8 Å². The van der Waals surface area contributed by atoms with Gasteiger partial charge < -0.3 is 40.1 Å². The van der Waals surface area contributed by atoms with E-state index in [0.29, 0.717) is 70.7 Å². The minimum absolute atomic E-state index is 0.0651. The van der Waals surface area contributed by atoms with Gasteiger partial charge in [-0.2, -0.15) is 13.2 Å². The summed E-state index contributed by atoms with van der Waals surface area (Å²) in [7, 11) is 0. The van der Waals surface area contributed by atoms with Crippen molar-refractivity contribution < 1.29 is 41.8 Å². The fraction of sp³-hybridized carbons (Fsp3) is 0.600. The molecule has 6 rings (SSSR count). The van der Waals surface area contributed by atoms with E-state index >= 15 is 0 Å². The molecule has 0 aliphatic carbocycles. The zero-order valence-corrected chi connectivity index (χ0v) is 32.6. The zero-order chi connectivity index (χ0) is 40.0. The molecule has 4 amide bonds. The summed E-state index contributed by atoms with van der Waals surface area (Å²) in [5, 5.41) is 2.68. The average Bonchev–Trinajstić information content (AvgIpc) is 3.35. The third kappa shape index (κ3) is 10.2. The monoisotopic (exact) mass is 804 g/mol. The van der Waals surface area contributed by atoms with Crippen molar-refractivity contribution in [1.82, 2.24) is 19.6 Å². The van der Waals surface area contributed by atoms with E-state index in [-0.39, 0.29) is 54.2 Å². The van der Waals surface area contributed by atoms with Gasteiger partial charge in [0, 0.05) is 63.3 Å². The Labute approximate surface area is 330 Å². The molecule has 2 aromatic carbocycles. The van der Waals surface area contributed by atoms with E-state index < -0.39 is 35.5 Å². The number of nitrogen functional groups attached to an aromatic ring is 1. The predicted molar refractivity (Wildman–Crippen MR) is 205 cm³/mol. The Kier molecular flexibility index (Phi) is 13.6. The number of hydrogen-bond acceptors (Lipinski definition) is 8. The van der Waals surface area contributed by atoms with E-state index in [1.807, 2.05) is 24.3 Å². The lowest BCUT2D eigenvalue weighted by Crippen LogP contribution is -2.53. The van der Waals surface area contributed by atoms with Gasteiger partial charge in [-0.25, -0.2) is 9.59 Å². The van der Waals surface area contributed by atoms with Crippen LogP contribution in [0.3, 0.4) is 0 Å². The van der Waals surface area contributed by atoms with Gasteiger partial charge in [-0.15, -0.1) is 0 Å². The minimum Gasteiger partial charge on any atom is -0.466 e. The first kappa shape index (κ1) is 41.4. The first-order chi connectivity index (χ1) is 26.8. The second kappa shape index (κ2) is 18.4. The third-order valence-corrected chi connectivity index (χ3v) is 12.1. The molecule has 0 bridgehead atoms. The summed E-state index contributed by atoms with van der Waals surface area (Å²) in [5.74, 6) is -0.178. The second-order valence-electron chi connectivity index (χ2n) is 15.2. The second-order valence-corrected chi connectivity index (χ2v) is 15.6. The number of anilines is 2. The molecule has 0 saturated carbocycles. The van der Waals surface area contributed by atoms with Gasteiger partial charge in [0.05, 0.1) is 22.9 Å². The zero-order valence-electron chi connectivity index (χ0n) is 31.8. The highest BCUT2D eigenvalue weighted by Gasteiger charge is 2.38. The number of ether oxygens (including phenoxy) is 2. The number of hydrogen-bond donors (Lipinski definition) is 2. The quantitative estimate of drug-likeness (QED) is 0.203. The predicted octanol–water partition coefficient (Wildman–Crippen LogP) is 6.59. The molecule has 0 aromatic heterocycles. The number of piperidine rings is 3. The number of carbonyl (C=O) groups is 4. The van der Waals surface area contributed by atoms with E-state index in [1.54, 1.807) is 16.7 Å². The molecule has 4 aliphatic rings. The third-order valence-electron chi connectivity index (χ3n) is 11.7. The Balaban J connectivity index is 1.07. The van der Waals surface area contributed by atoms with Gasteiger partial charge in [0.25, 0.3) is 5.91 Å². The maximum absolute atomic E-state index is 14.1. The first-order valence-electron chi connectivity index (χ1n) is 19.7. The number of esters is 1. The molecular formula is C40H52ClF3N6O6. The highest BCUT2D eigenvalue weighted by molar-refractivity contribution is 6.33. The smallest absolute Gasteiger partial charge is 0.418 e. The van der Waals surface area contributed by atoms with E-state index in [1.165, 1.54) is 11.0 Å². The number of alkyl halides is 3. The average molecular weight is 805 g/mol. The van der Waals surface area contributed by atoms with Crippen molar-refractivity contribution in [3.05, 3.63) is 58.1 Å². The van der Waals surface area contributed by atoms with Crippen LogP contribution in [-0.4, -0.2) is 114 Å². The van der Waals surface area contributed by atoms with Crippen molar-refractivity contribution >= 4 is 47.0 Å². The van der Waals surface area contributed by atoms with Crippen LogP contribution in [0.4, 0.5) is 34.1 Å². The fourth-order valence-corrected chi connectivity index (χ4v) is 8.77. The maximum Gasteiger partial charge on any atom is 0.418 e. The summed E-state index contributed by atoms with van der Waals surface area (Å²) in [4.78, 5) is 60.1. The molecule has 306 valence electrons. The summed E-state index contributed by atoms with van der Waals surface area (Å²) in [6.07, 6.45) is -0.949. The summed E-state index contributed by atoms with van der Waals surface area (Å²) >= 11 is 6.14. The van der Waals surface area contributed by atoms with Crippen LogP contribution in [-0.2, 0) is 38.1 Å². The molecular weight excluding hydrogens is 753 g/mol. The number of likely N-dealkylation sites (tertiary alicyclic amines) is 3. The van der Waals surface area contributed by atoms with Crippen LogP contribution in [0.5, 0.6) is 0 Å². The molecule has 4 aliphatic heterocycles. The first-order valence-corrected chi connectivity index (χ1v) is 20.1.